The van der Waals surface area contributed by atoms with Gasteiger partial charge < -0.3 is 20.5 Å². The molecule has 0 amide bonds. The van der Waals surface area contributed by atoms with Crippen LogP contribution in [0.2, 0.25) is 0 Å². The molecular weight excluding hydrogens is 256 g/mol. The Kier molecular flexibility index (Phi) is 4.18. The van der Waals surface area contributed by atoms with E-state index in [4.69, 9.17) is 15.2 Å². The van der Waals surface area contributed by atoms with E-state index in [9.17, 15) is 4.79 Å². The number of nitrogens with one attached hydrogen (secondary N) is 1. The quantitative estimate of drug-likeness (QED) is 0.653. The van der Waals surface area contributed by atoms with Gasteiger partial charge in [-0.1, -0.05) is 6.07 Å². The van der Waals surface area contributed by atoms with E-state index in [1.54, 1.807) is 19.1 Å². The summed E-state index contributed by atoms with van der Waals surface area (Å²) in [6.45, 7) is 6.96. The smallest absolute Gasteiger partial charge is 0.340 e. The standard InChI is InChI=1S/C15H22N2O3/c1-4-19-14(18)11-6-5-7-12(13(11)16)17-15(3)8-9-20-10(15)2/h5-7,10,17H,4,8-9,16H2,1-3H3. The van der Waals surface area contributed by atoms with Crippen molar-refractivity contribution in [1.82, 2.24) is 0 Å². The van der Waals surface area contributed by atoms with Gasteiger partial charge in [0, 0.05) is 6.61 Å². The van der Waals surface area contributed by atoms with Crippen molar-refractivity contribution in [1.29, 1.82) is 0 Å². The molecule has 110 valence electrons. The SMILES string of the molecule is CCOC(=O)c1cccc(NC2(C)CCOC2C)c1N. The van der Waals surface area contributed by atoms with Crippen LogP contribution < -0.4 is 11.1 Å². The lowest BCUT2D eigenvalue weighted by atomic mass is 9.94. The van der Waals surface area contributed by atoms with Crippen molar-refractivity contribution in [2.24, 2.45) is 0 Å². The summed E-state index contributed by atoms with van der Waals surface area (Å²) in [7, 11) is 0. The summed E-state index contributed by atoms with van der Waals surface area (Å²) < 4.78 is 10.6. The van der Waals surface area contributed by atoms with E-state index in [0.717, 1.165) is 18.7 Å². The van der Waals surface area contributed by atoms with Gasteiger partial charge in [0.2, 0.25) is 0 Å². The van der Waals surface area contributed by atoms with Crippen molar-refractivity contribution >= 4 is 17.3 Å². The number of esters is 1. The highest BCUT2D eigenvalue weighted by Crippen LogP contribution is 2.33. The molecule has 5 nitrogen and oxygen atoms in total. The van der Waals surface area contributed by atoms with Gasteiger partial charge >= 0.3 is 5.97 Å². The van der Waals surface area contributed by atoms with E-state index >= 15 is 0 Å². The minimum absolute atomic E-state index is 0.0909. The van der Waals surface area contributed by atoms with Crippen molar-refractivity contribution in [2.45, 2.75) is 38.8 Å². The molecule has 0 spiro atoms. The molecule has 1 heterocycles. The first-order chi connectivity index (χ1) is 9.48. The van der Waals surface area contributed by atoms with Gasteiger partial charge in [-0.15, -0.1) is 0 Å². The lowest BCUT2D eigenvalue weighted by molar-refractivity contribution is 0.0527. The van der Waals surface area contributed by atoms with Crippen LogP contribution in [0.25, 0.3) is 0 Å². The Bertz CT molecular complexity index is 504. The molecule has 1 aromatic rings. The summed E-state index contributed by atoms with van der Waals surface area (Å²) in [5, 5.41) is 3.41. The second-order valence-corrected chi connectivity index (χ2v) is 5.29. The molecular formula is C15H22N2O3. The Balaban J connectivity index is 2.25. The second kappa shape index (κ2) is 5.71. The maximum Gasteiger partial charge on any atom is 0.340 e. The van der Waals surface area contributed by atoms with E-state index in [1.165, 1.54) is 0 Å². The normalized spacial score (nSPS) is 25.4. The van der Waals surface area contributed by atoms with Gasteiger partial charge in [0.25, 0.3) is 0 Å². The van der Waals surface area contributed by atoms with Crippen molar-refractivity contribution < 1.29 is 14.3 Å². The zero-order chi connectivity index (χ0) is 14.8. The van der Waals surface area contributed by atoms with Crippen LogP contribution in [0.5, 0.6) is 0 Å². The van der Waals surface area contributed by atoms with Crippen LogP contribution in [0.15, 0.2) is 18.2 Å². The molecule has 5 heteroatoms. The zero-order valence-corrected chi connectivity index (χ0v) is 12.2. The van der Waals surface area contributed by atoms with E-state index in [0.29, 0.717) is 17.9 Å². The minimum atomic E-state index is -0.394. The fourth-order valence-corrected chi connectivity index (χ4v) is 2.37. The van der Waals surface area contributed by atoms with Crippen LogP contribution in [-0.4, -0.2) is 30.8 Å². The van der Waals surface area contributed by atoms with Gasteiger partial charge in [-0.05, 0) is 39.3 Å². The number of hydrogen-bond donors (Lipinski definition) is 2. The highest BCUT2D eigenvalue weighted by molar-refractivity contribution is 5.98. The molecule has 0 radical (unpaired) electrons. The van der Waals surface area contributed by atoms with Crippen LogP contribution in [0.4, 0.5) is 11.4 Å². The van der Waals surface area contributed by atoms with Gasteiger partial charge in [0.1, 0.15) is 0 Å². The van der Waals surface area contributed by atoms with Gasteiger partial charge in [-0.25, -0.2) is 4.79 Å². The number of benzene rings is 1. The number of anilines is 2. The summed E-state index contributed by atoms with van der Waals surface area (Å²) in [5.41, 5.74) is 7.48. The summed E-state index contributed by atoms with van der Waals surface area (Å²) in [4.78, 5) is 11.8. The molecule has 2 unspecified atom stereocenters. The van der Waals surface area contributed by atoms with Crippen LogP contribution in [-0.2, 0) is 9.47 Å². The van der Waals surface area contributed by atoms with Crippen LogP contribution in [0.3, 0.4) is 0 Å². The molecule has 0 saturated carbocycles. The number of para-hydroxylation sites is 1. The summed E-state index contributed by atoms with van der Waals surface area (Å²) in [6.07, 6.45) is 0.991. The Labute approximate surface area is 119 Å². The van der Waals surface area contributed by atoms with E-state index in [1.807, 2.05) is 13.0 Å². The zero-order valence-electron chi connectivity index (χ0n) is 12.2. The van der Waals surface area contributed by atoms with E-state index < -0.39 is 5.97 Å². The first-order valence-corrected chi connectivity index (χ1v) is 6.93. The first kappa shape index (κ1) is 14.7. The third kappa shape index (κ3) is 2.72. The first-order valence-electron chi connectivity index (χ1n) is 6.93. The number of ether oxygens (including phenoxy) is 2. The third-order valence-electron chi connectivity index (χ3n) is 3.91. The van der Waals surface area contributed by atoms with Gasteiger partial charge in [0.05, 0.1) is 35.2 Å². The second-order valence-electron chi connectivity index (χ2n) is 5.29. The predicted octanol–water partition coefficient (Wildman–Crippen LogP) is 2.42. The maximum absolute atomic E-state index is 11.8. The van der Waals surface area contributed by atoms with Crippen LogP contribution >= 0.6 is 0 Å². The average Bonchev–Trinajstić information content (AvgIpc) is 2.72. The molecule has 1 aliphatic rings. The van der Waals surface area contributed by atoms with Crippen molar-refractivity contribution in [3.05, 3.63) is 23.8 Å². The van der Waals surface area contributed by atoms with Gasteiger partial charge in [0.15, 0.2) is 0 Å². The van der Waals surface area contributed by atoms with Crippen LogP contribution in [0, 0.1) is 0 Å². The maximum atomic E-state index is 11.8. The molecule has 20 heavy (non-hydrogen) atoms. The monoisotopic (exact) mass is 278 g/mol. The minimum Gasteiger partial charge on any atom is -0.462 e. The lowest BCUT2D eigenvalue weighted by Gasteiger charge is -2.31. The average molecular weight is 278 g/mol. The van der Waals surface area contributed by atoms with Crippen molar-refractivity contribution in [3.8, 4) is 0 Å². The molecule has 3 N–H and O–H groups in total. The topological polar surface area (TPSA) is 73.6 Å². The fourth-order valence-electron chi connectivity index (χ4n) is 2.37. The molecule has 1 saturated heterocycles. The Morgan fingerprint density at radius 3 is 2.95 bits per heavy atom. The Morgan fingerprint density at radius 1 is 1.60 bits per heavy atom. The fraction of sp³-hybridized carbons (Fsp3) is 0.533. The summed E-state index contributed by atoms with van der Waals surface area (Å²) in [6, 6.07) is 5.35. The predicted molar refractivity (Wildman–Crippen MR) is 78.9 cm³/mol. The third-order valence-corrected chi connectivity index (χ3v) is 3.91. The molecule has 2 rings (SSSR count). The molecule has 2 atom stereocenters. The largest absolute Gasteiger partial charge is 0.462 e. The number of rotatable bonds is 4. The Hall–Kier alpha value is -1.75. The number of nitrogen functional groups attached to an aromatic ring is 1. The molecule has 0 bridgehead atoms. The molecule has 0 aromatic heterocycles. The van der Waals surface area contributed by atoms with E-state index in [2.05, 4.69) is 12.2 Å². The van der Waals surface area contributed by atoms with Crippen molar-refractivity contribution in [3.63, 3.8) is 0 Å². The van der Waals surface area contributed by atoms with Gasteiger partial charge in [-0.3, -0.25) is 0 Å². The number of carbonyl (C=O) groups is 1. The van der Waals surface area contributed by atoms with E-state index in [-0.39, 0.29) is 11.6 Å². The summed E-state index contributed by atoms with van der Waals surface area (Å²) >= 11 is 0. The number of nitrogens with two attached hydrogens (primary N) is 1. The molecule has 1 aliphatic heterocycles. The highest BCUT2D eigenvalue weighted by atomic mass is 16.5. The lowest BCUT2D eigenvalue weighted by Crippen LogP contribution is -2.41. The molecule has 1 aromatic carbocycles. The summed E-state index contributed by atoms with van der Waals surface area (Å²) in [5.74, 6) is -0.394. The molecule has 0 aliphatic carbocycles. The van der Waals surface area contributed by atoms with Crippen LogP contribution in [0.1, 0.15) is 37.6 Å². The number of carbonyl (C=O) groups excluding carboxylic acids is 1. The van der Waals surface area contributed by atoms with Gasteiger partial charge in [-0.2, -0.15) is 0 Å². The highest BCUT2D eigenvalue weighted by Gasteiger charge is 2.37. The number of hydrogen-bond acceptors (Lipinski definition) is 5. The van der Waals surface area contributed by atoms with Crippen molar-refractivity contribution in [2.75, 3.05) is 24.3 Å². The Morgan fingerprint density at radius 2 is 2.35 bits per heavy atom. The molecule has 1 fully saturated rings.